The molecule has 2 rings (SSSR count). The topological polar surface area (TPSA) is 17.1 Å². The van der Waals surface area contributed by atoms with Crippen LogP contribution in [0.4, 0.5) is 0 Å². The van der Waals surface area contributed by atoms with Crippen molar-refractivity contribution in [2.75, 3.05) is 0 Å². The van der Waals surface area contributed by atoms with Gasteiger partial charge in [-0.15, -0.1) is 0 Å². The SMILES string of the molecule is CC(=O)C1CC1c1ccc(Cl)c(Cl)c1. The first-order valence-electron chi connectivity index (χ1n) is 4.55. The third-order valence-electron chi connectivity index (χ3n) is 2.68. The Hall–Kier alpha value is -0.530. The molecule has 0 amide bonds. The van der Waals surface area contributed by atoms with Crippen LogP contribution in [0.1, 0.15) is 24.8 Å². The second-order valence-electron chi connectivity index (χ2n) is 3.73. The van der Waals surface area contributed by atoms with E-state index in [1.807, 2.05) is 12.1 Å². The Bertz CT molecular complexity index is 387. The van der Waals surface area contributed by atoms with Crippen molar-refractivity contribution in [3.8, 4) is 0 Å². The van der Waals surface area contributed by atoms with Gasteiger partial charge >= 0.3 is 0 Å². The van der Waals surface area contributed by atoms with Crippen LogP contribution in [0.25, 0.3) is 0 Å². The highest BCUT2D eigenvalue weighted by molar-refractivity contribution is 6.42. The van der Waals surface area contributed by atoms with E-state index in [1.54, 1.807) is 13.0 Å². The van der Waals surface area contributed by atoms with Gasteiger partial charge in [-0.2, -0.15) is 0 Å². The second-order valence-corrected chi connectivity index (χ2v) is 4.55. The van der Waals surface area contributed by atoms with Gasteiger partial charge in [0.05, 0.1) is 10.0 Å². The molecule has 0 bridgehead atoms. The zero-order chi connectivity index (χ0) is 10.3. The molecule has 1 aromatic rings. The highest BCUT2D eigenvalue weighted by Gasteiger charge is 2.41. The van der Waals surface area contributed by atoms with Gasteiger partial charge in [0.2, 0.25) is 0 Å². The number of ketones is 1. The lowest BCUT2D eigenvalue weighted by Gasteiger charge is -2.01. The first-order valence-corrected chi connectivity index (χ1v) is 5.30. The molecule has 1 fully saturated rings. The smallest absolute Gasteiger partial charge is 0.133 e. The van der Waals surface area contributed by atoms with Crippen molar-refractivity contribution in [3.05, 3.63) is 33.8 Å². The molecule has 0 saturated heterocycles. The summed E-state index contributed by atoms with van der Waals surface area (Å²) >= 11 is 11.7. The lowest BCUT2D eigenvalue weighted by atomic mass is 10.1. The summed E-state index contributed by atoms with van der Waals surface area (Å²) in [5.74, 6) is 0.829. The molecular weight excluding hydrogens is 219 g/mol. The summed E-state index contributed by atoms with van der Waals surface area (Å²) in [6.07, 6.45) is 0.952. The molecule has 14 heavy (non-hydrogen) atoms. The standard InChI is InChI=1S/C11H10Cl2O/c1-6(14)8-5-9(8)7-2-3-10(12)11(13)4-7/h2-4,8-9H,5H2,1H3. The van der Waals surface area contributed by atoms with Gasteiger partial charge in [-0.25, -0.2) is 0 Å². The van der Waals surface area contributed by atoms with E-state index in [2.05, 4.69) is 0 Å². The van der Waals surface area contributed by atoms with Crippen molar-refractivity contribution in [1.29, 1.82) is 0 Å². The van der Waals surface area contributed by atoms with Crippen molar-refractivity contribution in [3.63, 3.8) is 0 Å². The zero-order valence-corrected chi connectivity index (χ0v) is 9.27. The van der Waals surface area contributed by atoms with Crippen LogP contribution in [0.5, 0.6) is 0 Å². The van der Waals surface area contributed by atoms with Crippen LogP contribution < -0.4 is 0 Å². The highest BCUT2D eigenvalue weighted by Crippen LogP contribution is 2.48. The molecule has 0 aromatic heterocycles. The molecule has 1 aliphatic rings. The van der Waals surface area contributed by atoms with Crippen LogP contribution in [0.3, 0.4) is 0 Å². The molecule has 0 spiro atoms. The number of halogens is 2. The van der Waals surface area contributed by atoms with E-state index in [1.165, 1.54) is 0 Å². The maximum Gasteiger partial charge on any atom is 0.133 e. The molecular formula is C11H10Cl2O. The third kappa shape index (κ3) is 1.79. The average Bonchev–Trinajstić information content (AvgIpc) is 2.89. The molecule has 3 heteroatoms. The summed E-state index contributed by atoms with van der Waals surface area (Å²) < 4.78 is 0. The predicted molar refractivity (Wildman–Crippen MR) is 58.0 cm³/mol. The maximum atomic E-state index is 11.1. The molecule has 1 aromatic carbocycles. The van der Waals surface area contributed by atoms with E-state index in [-0.39, 0.29) is 11.7 Å². The molecule has 1 saturated carbocycles. The van der Waals surface area contributed by atoms with Crippen molar-refractivity contribution in [2.45, 2.75) is 19.3 Å². The van der Waals surface area contributed by atoms with E-state index < -0.39 is 0 Å². The minimum Gasteiger partial charge on any atom is -0.300 e. The van der Waals surface area contributed by atoms with E-state index in [0.717, 1.165) is 12.0 Å². The Morgan fingerprint density at radius 3 is 2.57 bits per heavy atom. The number of hydrogen-bond acceptors (Lipinski definition) is 1. The van der Waals surface area contributed by atoms with Gasteiger partial charge in [0, 0.05) is 5.92 Å². The summed E-state index contributed by atoms with van der Waals surface area (Å²) in [4.78, 5) is 11.1. The average molecular weight is 229 g/mol. The van der Waals surface area contributed by atoms with Gasteiger partial charge in [0.25, 0.3) is 0 Å². The Balaban J connectivity index is 2.20. The third-order valence-corrected chi connectivity index (χ3v) is 3.42. The van der Waals surface area contributed by atoms with Gasteiger partial charge < -0.3 is 0 Å². The van der Waals surface area contributed by atoms with Crippen LogP contribution in [-0.4, -0.2) is 5.78 Å². The monoisotopic (exact) mass is 228 g/mol. The Morgan fingerprint density at radius 1 is 1.36 bits per heavy atom. The van der Waals surface area contributed by atoms with Crippen LogP contribution >= 0.6 is 23.2 Å². The minimum atomic E-state index is 0.201. The van der Waals surface area contributed by atoms with E-state index >= 15 is 0 Å². The number of carbonyl (C=O) groups is 1. The molecule has 0 aliphatic heterocycles. The summed E-state index contributed by atoms with van der Waals surface area (Å²) in [5.41, 5.74) is 1.12. The zero-order valence-electron chi connectivity index (χ0n) is 7.76. The minimum absolute atomic E-state index is 0.201. The number of rotatable bonds is 2. The number of benzene rings is 1. The van der Waals surface area contributed by atoms with Gasteiger partial charge in [0.1, 0.15) is 5.78 Å². The van der Waals surface area contributed by atoms with Crippen molar-refractivity contribution in [2.24, 2.45) is 5.92 Å². The largest absolute Gasteiger partial charge is 0.300 e. The van der Waals surface area contributed by atoms with Gasteiger partial charge in [-0.05, 0) is 37.0 Å². The number of hydrogen-bond donors (Lipinski definition) is 0. The summed E-state index contributed by atoms with van der Waals surface area (Å²) in [6.45, 7) is 1.64. The molecule has 0 N–H and O–H groups in total. The molecule has 1 aliphatic carbocycles. The number of Topliss-reactive ketones (excluding diaryl/α,β-unsaturated/α-hetero) is 1. The van der Waals surface area contributed by atoms with Crippen LogP contribution in [-0.2, 0) is 4.79 Å². The Labute approximate surface area is 93.0 Å². The van der Waals surface area contributed by atoms with Crippen molar-refractivity contribution in [1.82, 2.24) is 0 Å². The Kier molecular flexibility index (Phi) is 2.54. The van der Waals surface area contributed by atoms with Gasteiger partial charge in [-0.3, -0.25) is 4.79 Å². The predicted octanol–water partition coefficient (Wildman–Crippen LogP) is 3.69. The van der Waals surface area contributed by atoms with E-state index in [9.17, 15) is 4.79 Å². The lowest BCUT2D eigenvalue weighted by Crippen LogP contribution is -1.94. The van der Waals surface area contributed by atoms with Gasteiger partial charge in [0.15, 0.2) is 0 Å². The molecule has 74 valence electrons. The first kappa shape index (κ1) is 10.0. The summed E-state index contributed by atoms with van der Waals surface area (Å²) in [5, 5.41) is 1.13. The fourth-order valence-corrected chi connectivity index (χ4v) is 2.06. The molecule has 1 nitrogen and oxygen atoms in total. The molecule has 2 atom stereocenters. The highest BCUT2D eigenvalue weighted by atomic mass is 35.5. The molecule has 2 unspecified atom stereocenters. The maximum absolute atomic E-state index is 11.1. The summed E-state index contributed by atoms with van der Waals surface area (Å²) in [6, 6.07) is 5.59. The van der Waals surface area contributed by atoms with Gasteiger partial charge in [-0.1, -0.05) is 29.3 Å². The second kappa shape index (κ2) is 3.56. The molecule has 0 heterocycles. The van der Waals surface area contributed by atoms with Crippen molar-refractivity contribution < 1.29 is 4.79 Å². The normalized spacial score (nSPS) is 24.8. The van der Waals surface area contributed by atoms with Crippen LogP contribution in [0.15, 0.2) is 18.2 Å². The van der Waals surface area contributed by atoms with E-state index in [4.69, 9.17) is 23.2 Å². The van der Waals surface area contributed by atoms with Crippen molar-refractivity contribution >= 4 is 29.0 Å². The van der Waals surface area contributed by atoms with Crippen LogP contribution in [0, 0.1) is 5.92 Å². The first-order chi connectivity index (χ1) is 6.59. The summed E-state index contributed by atoms with van der Waals surface area (Å²) in [7, 11) is 0. The quantitative estimate of drug-likeness (QED) is 0.755. The van der Waals surface area contributed by atoms with E-state index in [0.29, 0.717) is 16.0 Å². The number of carbonyl (C=O) groups excluding carboxylic acids is 1. The fourth-order valence-electron chi connectivity index (χ4n) is 1.76. The fraction of sp³-hybridized carbons (Fsp3) is 0.364. The lowest BCUT2D eigenvalue weighted by molar-refractivity contribution is -0.118. The molecule has 0 radical (unpaired) electrons. The Morgan fingerprint density at radius 2 is 2.07 bits per heavy atom. The van der Waals surface area contributed by atoms with Crippen LogP contribution in [0.2, 0.25) is 10.0 Å².